The van der Waals surface area contributed by atoms with Crippen LogP contribution in [0.5, 0.6) is 0 Å². The molecule has 0 saturated heterocycles. The number of aromatic nitrogens is 1. The minimum Gasteiger partial charge on any atom is -0.321 e. The van der Waals surface area contributed by atoms with Gasteiger partial charge in [0.2, 0.25) is 0 Å². The lowest BCUT2D eigenvalue weighted by atomic mass is 10.2. The van der Waals surface area contributed by atoms with E-state index >= 15 is 0 Å². The van der Waals surface area contributed by atoms with Crippen molar-refractivity contribution < 1.29 is 18.8 Å². The molecule has 0 atom stereocenters. The van der Waals surface area contributed by atoms with E-state index in [1.165, 1.54) is 22.9 Å². The summed E-state index contributed by atoms with van der Waals surface area (Å²) in [6.45, 7) is 0. The number of para-hydroxylation sites is 2. The molecule has 0 unspecified atom stereocenters. The van der Waals surface area contributed by atoms with Gasteiger partial charge in [0.1, 0.15) is 11.5 Å². The average Bonchev–Trinajstić information content (AvgIpc) is 3.13. The van der Waals surface area contributed by atoms with E-state index in [1.807, 2.05) is 6.07 Å². The number of nitrogens with zero attached hydrogens (tertiary/aromatic N) is 1. The topological polar surface area (TPSA) is 92.2 Å². The molecule has 3 aromatic carbocycles. The van der Waals surface area contributed by atoms with Crippen LogP contribution >= 0.6 is 15.9 Å². The van der Waals surface area contributed by atoms with Crippen LogP contribution in [-0.4, -0.2) is 22.4 Å². The maximum absolute atomic E-state index is 13.8. The van der Waals surface area contributed by atoms with Crippen molar-refractivity contribution in [3.05, 3.63) is 94.8 Å². The van der Waals surface area contributed by atoms with Crippen molar-refractivity contribution in [3.8, 4) is 0 Å². The maximum atomic E-state index is 13.8. The Labute approximate surface area is 190 Å². The molecule has 0 spiro atoms. The average molecular weight is 495 g/mol. The molecule has 0 saturated carbocycles. The van der Waals surface area contributed by atoms with Gasteiger partial charge in [0.25, 0.3) is 5.91 Å². The molecule has 0 radical (unpaired) electrons. The van der Waals surface area contributed by atoms with Crippen LogP contribution in [0.1, 0.15) is 10.5 Å². The van der Waals surface area contributed by atoms with Gasteiger partial charge >= 0.3 is 11.8 Å². The third-order valence-electron chi connectivity index (χ3n) is 4.57. The molecule has 1 heterocycles. The summed E-state index contributed by atoms with van der Waals surface area (Å²) < 4.78 is 15.8. The maximum Gasteiger partial charge on any atom is 0.328 e. The fourth-order valence-corrected chi connectivity index (χ4v) is 3.46. The van der Waals surface area contributed by atoms with Gasteiger partial charge in [-0.05, 0) is 48.5 Å². The van der Waals surface area contributed by atoms with E-state index in [2.05, 4.69) is 32.0 Å². The van der Waals surface area contributed by atoms with Gasteiger partial charge in [0.15, 0.2) is 0 Å². The minimum absolute atomic E-state index is 0.106. The first-order valence-corrected chi connectivity index (χ1v) is 10.3. The Kier molecular flexibility index (Phi) is 6.00. The summed E-state index contributed by atoms with van der Waals surface area (Å²) in [6.07, 6.45) is 0. The lowest BCUT2D eigenvalue weighted by Gasteiger charge is -2.13. The molecule has 0 bridgehead atoms. The first-order valence-electron chi connectivity index (χ1n) is 9.46. The molecule has 32 heavy (non-hydrogen) atoms. The SMILES string of the molecule is O=C(Nc1ccccc1F)C(=O)Nn1c(C(=O)Nc2ccccc2)cc2cc(Br)ccc21. The Morgan fingerprint density at radius 2 is 1.53 bits per heavy atom. The summed E-state index contributed by atoms with van der Waals surface area (Å²) in [7, 11) is 0. The number of anilines is 2. The van der Waals surface area contributed by atoms with Crippen LogP contribution in [0.3, 0.4) is 0 Å². The minimum atomic E-state index is -1.08. The van der Waals surface area contributed by atoms with Crippen molar-refractivity contribution in [3.63, 3.8) is 0 Å². The van der Waals surface area contributed by atoms with Gasteiger partial charge in [-0.3, -0.25) is 19.8 Å². The van der Waals surface area contributed by atoms with Crippen LogP contribution in [0, 0.1) is 5.82 Å². The Hall–Kier alpha value is -3.98. The molecule has 0 aliphatic carbocycles. The van der Waals surface area contributed by atoms with E-state index in [0.717, 1.165) is 10.5 Å². The summed E-state index contributed by atoms with van der Waals surface area (Å²) in [5, 5.41) is 5.63. The number of rotatable bonds is 4. The molecular formula is C23H16BrFN4O3. The van der Waals surface area contributed by atoms with Gasteiger partial charge in [-0.15, -0.1) is 0 Å². The Morgan fingerprint density at radius 1 is 0.812 bits per heavy atom. The van der Waals surface area contributed by atoms with Gasteiger partial charge in [0.05, 0.1) is 11.2 Å². The first kappa shape index (κ1) is 21.3. The predicted octanol–water partition coefficient (Wildman–Crippen LogP) is 4.50. The van der Waals surface area contributed by atoms with E-state index in [4.69, 9.17) is 0 Å². The number of hydrogen-bond donors (Lipinski definition) is 3. The number of halogens is 2. The van der Waals surface area contributed by atoms with E-state index in [9.17, 15) is 18.8 Å². The number of fused-ring (bicyclic) bond motifs is 1. The molecule has 0 fully saturated rings. The van der Waals surface area contributed by atoms with E-state index in [-0.39, 0.29) is 11.4 Å². The number of benzene rings is 3. The third kappa shape index (κ3) is 4.52. The van der Waals surface area contributed by atoms with E-state index in [0.29, 0.717) is 16.6 Å². The lowest BCUT2D eigenvalue weighted by molar-refractivity contribution is -0.133. The summed E-state index contributed by atoms with van der Waals surface area (Å²) >= 11 is 3.38. The number of hydrogen-bond acceptors (Lipinski definition) is 3. The van der Waals surface area contributed by atoms with Crippen LogP contribution in [-0.2, 0) is 9.59 Å². The quantitative estimate of drug-likeness (QED) is 0.364. The summed E-state index contributed by atoms with van der Waals surface area (Å²) in [4.78, 5) is 37.8. The summed E-state index contributed by atoms with van der Waals surface area (Å²) in [6, 6.07) is 21.1. The molecule has 0 aliphatic rings. The van der Waals surface area contributed by atoms with Gasteiger partial charge in [-0.1, -0.05) is 46.3 Å². The molecule has 0 aliphatic heterocycles. The summed E-state index contributed by atoms with van der Waals surface area (Å²) in [5.74, 6) is -3.31. The highest BCUT2D eigenvalue weighted by molar-refractivity contribution is 9.10. The second-order valence-corrected chi connectivity index (χ2v) is 7.68. The van der Waals surface area contributed by atoms with Gasteiger partial charge < -0.3 is 10.6 Å². The number of nitrogens with one attached hydrogen (secondary N) is 3. The predicted molar refractivity (Wildman–Crippen MR) is 123 cm³/mol. The van der Waals surface area contributed by atoms with Crippen LogP contribution < -0.4 is 16.1 Å². The third-order valence-corrected chi connectivity index (χ3v) is 5.06. The van der Waals surface area contributed by atoms with Crippen LogP contribution in [0.15, 0.2) is 83.3 Å². The van der Waals surface area contributed by atoms with E-state index < -0.39 is 23.5 Å². The largest absolute Gasteiger partial charge is 0.328 e. The number of carbonyl (C=O) groups excluding carboxylic acids is 3. The fourth-order valence-electron chi connectivity index (χ4n) is 3.08. The lowest BCUT2D eigenvalue weighted by Crippen LogP contribution is -2.36. The smallest absolute Gasteiger partial charge is 0.321 e. The molecule has 3 amide bonds. The standard InChI is InChI=1S/C23H16BrFN4O3/c24-15-10-11-19-14(12-15)13-20(21(30)26-16-6-2-1-3-7-16)29(19)28-23(32)22(31)27-18-9-5-4-8-17(18)25/h1-13H,(H,26,30)(H,27,31)(H,28,32). The molecular weight excluding hydrogens is 479 g/mol. The number of amides is 3. The highest BCUT2D eigenvalue weighted by atomic mass is 79.9. The first-order chi connectivity index (χ1) is 15.4. The Bertz CT molecular complexity index is 1340. The van der Waals surface area contributed by atoms with Crippen molar-refractivity contribution in [2.75, 3.05) is 16.1 Å². The second-order valence-electron chi connectivity index (χ2n) is 6.76. The van der Waals surface area contributed by atoms with Crippen molar-refractivity contribution in [2.45, 2.75) is 0 Å². The molecule has 160 valence electrons. The molecule has 7 nitrogen and oxygen atoms in total. The zero-order chi connectivity index (χ0) is 22.7. The molecule has 4 aromatic rings. The molecule has 4 rings (SSSR count). The Balaban J connectivity index is 1.63. The van der Waals surface area contributed by atoms with Gasteiger partial charge in [-0.2, -0.15) is 0 Å². The zero-order valence-corrected chi connectivity index (χ0v) is 18.0. The molecule has 1 aromatic heterocycles. The van der Waals surface area contributed by atoms with Gasteiger partial charge in [-0.25, -0.2) is 9.07 Å². The monoisotopic (exact) mass is 494 g/mol. The van der Waals surface area contributed by atoms with Crippen molar-refractivity contribution in [1.82, 2.24) is 4.68 Å². The highest BCUT2D eigenvalue weighted by Gasteiger charge is 2.21. The fraction of sp³-hybridized carbons (Fsp3) is 0. The highest BCUT2D eigenvalue weighted by Crippen LogP contribution is 2.24. The summed E-state index contributed by atoms with van der Waals surface area (Å²) in [5.41, 5.74) is 3.47. The molecule has 9 heteroatoms. The van der Waals surface area contributed by atoms with Crippen LogP contribution in [0.25, 0.3) is 10.9 Å². The Morgan fingerprint density at radius 3 is 2.28 bits per heavy atom. The molecule has 3 N–H and O–H groups in total. The van der Waals surface area contributed by atoms with Gasteiger partial charge in [0, 0.05) is 15.5 Å². The number of carbonyl (C=O) groups is 3. The van der Waals surface area contributed by atoms with E-state index in [1.54, 1.807) is 48.5 Å². The zero-order valence-electron chi connectivity index (χ0n) is 16.4. The van der Waals surface area contributed by atoms with Crippen LogP contribution in [0.4, 0.5) is 15.8 Å². The van der Waals surface area contributed by atoms with Crippen LogP contribution in [0.2, 0.25) is 0 Å². The van der Waals surface area contributed by atoms with Crippen molar-refractivity contribution in [2.24, 2.45) is 0 Å². The second kappa shape index (κ2) is 9.03. The normalized spacial score (nSPS) is 10.6. The van der Waals surface area contributed by atoms with Crippen molar-refractivity contribution >= 4 is 55.9 Å². The van der Waals surface area contributed by atoms with Crippen molar-refractivity contribution in [1.29, 1.82) is 0 Å².